The van der Waals surface area contributed by atoms with Gasteiger partial charge < -0.3 is 9.97 Å². The van der Waals surface area contributed by atoms with Crippen LogP contribution in [0, 0.1) is 11.8 Å². The van der Waals surface area contributed by atoms with E-state index in [0.29, 0.717) is 5.92 Å². The highest BCUT2D eigenvalue weighted by molar-refractivity contribution is 6.05. The molecule has 1 fully saturated rings. The van der Waals surface area contributed by atoms with Gasteiger partial charge in [-0.2, -0.15) is 0 Å². The van der Waals surface area contributed by atoms with Gasteiger partial charge in [0.1, 0.15) is 0 Å². The van der Waals surface area contributed by atoms with Gasteiger partial charge in [0, 0.05) is 0 Å². The molecule has 1 heterocycles. The minimum absolute atomic E-state index is 0.0212. The number of hydrogen-bond acceptors (Lipinski definition) is 3. The van der Waals surface area contributed by atoms with E-state index in [4.69, 9.17) is 4.65 Å². The SMILES string of the molecule is BOC(=O)C(CCCC)[C@H]1CCNC1. The Hall–Kier alpha value is -0.505. The first-order valence-electron chi connectivity index (χ1n) is 5.58. The van der Waals surface area contributed by atoms with E-state index in [-0.39, 0.29) is 11.9 Å². The molecule has 1 aliphatic rings. The van der Waals surface area contributed by atoms with E-state index in [1.807, 2.05) is 0 Å². The molecular weight excluding hydrogens is 177 g/mol. The number of hydrogen-bond donors (Lipinski definition) is 1. The highest BCUT2D eigenvalue weighted by Crippen LogP contribution is 2.25. The summed E-state index contributed by atoms with van der Waals surface area (Å²) in [4.78, 5) is 11.6. The molecule has 1 rings (SSSR count). The number of rotatable bonds is 5. The van der Waals surface area contributed by atoms with Gasteiger partial charge >= 0.3 is 8.05 Å². The summed E-state index contributed by atoms with van der Waals surface area (Å²) in [6, 6.07) is 0. The summed E-state index contributed by atoms with van der Waals surface area (Å²) in [5.74, 6) is 0.594. The lowest BCUT2D eigenvalue weighted by atomic mass is 9.87. The fraction of sp³-hybridized carbons (Fsp3) is 0.900. The standard InChI is InChI=1S/C10H20BNO2/c1-2-3-4-9(10(13)14-11)8-5-6-12-7-8/h8-9,12H,2-7,11H2,1H3/t8-,9?/m0/s1. The minimum Gasteiger partial charge on any atom is -0.543 e. The quantitative estimate of drug-likeness (QED) is 0.652. The van der Waals surface area contributed by atoms with Crippen molar-refractivity contribution in [3.8, 4) is 0 Å². The summed E-state index contributed by atoms with van der Waals surface area (Å²) in [6.07, 6.45) is 4.36. The smallest absolute Gasteiger partial charge is 0.325 e. The number of carbonyl (C=O) groups is 1. The zero-order valence-electron chi connectivity index (χ0n) is 9.21. The molecule has 0 aromatic heterocycles. The molecule has 1 saturated heterocycles. The average Bonchev–Trinajstić information content (AvgIpc) is 2.71. The van der Waals surface area contributed by atoms with Crippen molar-refractivity contribution in [1.82, 2.24) is 5.32 Å². The van der Waals surface area contributed by atoms with Crippen LogP contribution >= 0.6 is 0 Å². The predicted molar refractivity (Wildman–Crippen MR) is 58.6 cm³/mol. The van der Waals surface area contributed by atoms with Gasteiger partial charge in [-0.1, -0.05) is 19.8 Å². The third kappa shape index (κ3) is 3.01. The average molecular weight is 197 g/mol. The lowest BCUT2D eigenvalue weighted by molar-refractivity contribution is -0.140. The molecule has 4 heteroatoms. The molecule has 3 nitrogen and oxygen atoms in total. The normalized spacial score (nSPS) is 23.4. The molecule has 0 amide bonds. The molecule has 0 spiro atoms. The van der Waals surface area contributed by atoms with Gasteiger partial charge in [-0.05, 0) is 31.8 Å². The molecule has 0 aromatic carbocycles. The Balaban J connectivity index is 2.46. The number of carbonyl (C=O) groups excluding carboxylic acids is 1. The Morgan fingerprint density at radius 2 is 2.50 bits per heavy atom. The molecule has 1 unspecified atom stereocenters. The topological polar surface area (TPSA) is 38.3 Å². The summed E-state index contributed by atoms with van der Waals surface area (Å²) in [5, 5.41) is 3.30. The van der Waals surface area contributed by atoms with Crippen LogP contribution in [0.4, 0.5) is 0 Å². The van der Waals surface area contributed by atoms with E-state index in [0.717, 1.165) is 38.8 Å². The molecule has 14 heavy (non-hydrogen) atoms. The van der Waals surface area contributed by atoms with Gasteiger partial charge in [0.15, 0.2) is 0 Å². The first kappa shape index (κ1) is 11.6. The van der Waals surface area contributed by atoms with E-state index >= 15 is 0 Å². The van der Waals surface area contributed by atoms with Crippen molar-refractivity contribution in [1.29, 1.82) is 0 Å². The van der Waals surface area contributed by atoms with Crippen LogP contribution in [0.2, 0.25) is 0 Å². The van der Waals surface area contributed by atoms with Crippen molar-refractivity contribution >= 4 is 14.0 Å². The molecule has 2 atom stereocenters. The van der Waals surface area contributed by atoms with Crippen molar-refractivity contribution in [2.75, 3.05) is 13.1 Å². The number of unbranched alkanes of at least 4 members (excludes halogenated alkanes) is 1. The van der Waals surface area contributed by atoms with Crippen molar-refractivity contribution < 1.29 is 9.45 Å². The molecule has 1 aliphatic heterocycles. The van der Waals surface area contributed by atoms with Crippen LogP contribution in [0.15, 0.2) is 0 Å². The molecule has 0 aliphatic carbocycles. The maximum atomic E-state index is 11.6. The lowest BCUT2D eigenvalue weighted by Gasteiger charge is -2.20. The summed E-state index contributed by atoms with van der Waals surface area (Å²) in [5.41, 5.74) is 0. The summed E-state index contributed by atoms with van der Waals surface area (Å²) >= 11 is 0. The Labute approximate surface area is 87.0 Å². The van der Waals surface area contributed by atoms with Gasteiger partial charge in [0.05, 0.1) is 5.92 Å². The molecule has 1 N–H and O–H groups in total. The van der Waals surface area contributed by atoms with Crippen molar-refractivity contribution in [2.24, 2.45) is 11.8 Å². The van der Waals surface area contributed by atoms with Gasteiger partial charge in [-0.25, -0.2) is 0 Å². The molecular formula is C10H20BNO2. The molecule has 0 aromatic rings. The summed E-state index contributed by atoms with van der Waals surface area (Å²) in [6.45, 7) is 4.18. The summed E-state index contributed by atoms with van der Waals surface area (Å²) < 4.78 is 4.86. The molecule has 0 radical (unpaired) electrons. The Morgan fingerprint density at radius 3 is 3.00 bits per heavy atom. The molecule has 0 saturated carbocycles. The molecule has 0 bridgehead atoms. The Bertz CT molecular complexity index is 181. The van der Waals surface area contributed by atoms with Crippen LogP contribution in [-0.2, 0) is 9.45 Å². The van der Waals surface area contributed by atoms with E-state index in [1.54, 1.807) is 0 Å². The second kappa shape index (κ2) is 6.07. The first-order valence-corrected chi connectivity index (χ1v) is 5.58. The van der Waals surface area contributed by atoms with Gasteiger partial charge in [0.25, 0.3) is 5.97 Å². The first-order chi connectivity index (χ1) is 6.79. The van der Waals surface area contributed by atoms with Gasteiger partial charge in [-0.15, -0.1) is 0 Å². The van der Waals surface area contributed by atoms with Gasteiger partial charge in [-0.3, -0.25) is 4.79 Å². The van der Waals surface area contributed by atoms with Crippen LogP contribution in [0.25, 0.3) is 0 Å². The zero-order valence-corrected chi connectivity index (χ0v) is 9.21. The maximum Gasteiger partial charge on any atom is 0.325 e. The van der Waals surface area contributed by atoms with Crippen molar-refractivity contribution in [3.05, 3.63) is 0 Å². The van der Waals surface area contributed by atoms with Crippen LogP contribution in [0.5, 0.6) is 0 Å². The van der Waals surface area contributed by atoms with Crippen LogP contribution in [0.1, 0.15) is 32.6 Å². The highest BCUT2D eigenvalue weighted by Gasteiger charge is 2.30. The third-order valence-electron chi connectivity index (χ3n) is 3.04. The van der Waals surface area contributed by atoms with E-state index in [2.05, 4.69) is 12.2 Å². The van der Waals surface area contributed by atoms with Crippen molar-refractivity contribution in [2.45, 2.75) is 32.6 Å². The summed E-state index contributed by atoms with van der Waals surface area (Å²) in [7, 11) is 1.49. The van der Waals surface area contributed by atoms with Crippen LogP contribution in [-0.4, -0.2) is 27.1 Å². The maximum absolute atomic E-state index is 11.6. The van der Waals surface area contributed by atoms with E-state index in [9.17, 15) is 4.79 Å². The second-order valence-corrected chi connectivity index (χ2v) is 4.02. The fourth-order valence-corrected chi connectivity index (χ4v) is 2.14. The largest absolute Gasteiger partial charge is 0.543 e. The highest BCUT2D eigenvalue weighted by atomic mass is 16.5. The lowest BCUT2D eigenvalue weighted by Crippen LogP contribution is -2.27. The van der Waals surface area contributed by atoms with E-state index in [1.165, 1.54) is 8.05 Å². The third-order valence-corrected chi connectivity index (χ3v) is 3.04. The van der Waals surface area contributed by atoms with Gasteiger partial charge in [0.2, 0.25) is 0 Å². The second-order valence-electron chi connectivity index (χ2n) is 4.02. The van der Waals surface area contributed by atoms with Crippen molar-refractivity contribution in [3.63, 3.8) is 0 Å². The molecule has 80 valence electrons. The Kier molecular flexibility index (Phi) is 5.01. The van der Waals surface area contributed by atoms with E-state index < -0.39 is 0 Å². The monoisotopic (exact) mass is 197 g/mol. The predicted octanol–water partition coefficient (Wildman–Crippen LogP) is 0.494. The minimum atomic E-state index is -0.0212. The fourth-order valence-electron chi connectivity index (χ4n) is 2.14. The van der Waals surface area contributed by atoms with Crippen LogP contribution < -0.4 is 5.32 Å². The zero-order chi connectivity index (χ0) is 10.4. The van der Waals surface area contributed by atoms with Crippen LogP contribution in [0.3, 0.4) is 0 Å². The number of nitrogens with one attached hydrogen (secondary N) is 1. The Morgan fingerprint density at radius 1 is 1.71 bits per heavy atom.